The molecular formula is C29H28O3. The van der Waals surface area contributed by atoms with E-state index >= 15 is 0 Å². The van der Waals surface area contributed by atoms with Crippen LogP contribution in [0.2, 0.25) is 0 Å². The van der Waals surface area contributed by atoms with E-state index in [2.05, 4.69) is 39.0 Å². The number of furan rings is 1. The molecule has 0 N–H and O–H groups in total. The Morgan fingerprint density at radius 2 is 1.56 bits per heavy atom. The number of ether oxygens (including phenoxy) is 1. The fourth-order valence-corrected chi connectivity index (χ4v) is 4.55. The first-order valence-electron chi connectivity index (χ1n) is 11.4. The van der Waals surface area contributed by atoms with E-state index in [1.54, 1.807) is 0 Å². The molecule has 1 aromatic heterocycles. The van der Waals surface area contributed by atoms with Gasteiger partial charge < -0.3 is 9.15 Å². The van der Waals surface area contributed by atoms with Crippen LogP contribution >= 0.6 is 0 Å². The van der Waals surface area contributed by atoms with Crippen molar-refractivity contribution >= 4 is 16.9 Å². The summed E-state index contributed by atoms with van der Waals surface area (Å²) in [7, 11) is 0. The van der Waals surface area contributed by atoms with Crippen molar-refractivity contribution in [2.75, 3.05) is 0 Å². The zero-order chi connectivity index (χ0) is 22.3. The van der Waals surface area contributed by atoms with Gasteiger partial charge in [0, 0.05) is 22.9 Å². The zero-order valence-corrected chi connectivity index (χ0v) is 18.9. The van der Waals surface area contributed by atoms with Crippen molar-refractivity contribution in [2.45, 2.75) is 51.9 Å². The van der Waals surface area contributed by atoms with E-state index in [-0.39, 0.29) is 11.4 Å². The summed E-state index contributed by atoms with van der Waals surface area (Å²) in [6, 6.07) is 21.8. The van der Waals surface area contributed by atoms with E-state index in [1.807, 2.05) is 48.5 Å². The van der Waals surface area contributed by atoms with Gasteiger partial charge >= 0.3 is 5.97 Å². The van der Waals surface area contributed by atoms with E-state index in [4.69, 9.17) is 9.15 Å². The molecule has 0 fully saturated rings. The molecule has 0 saturated heterocycles. The summed E-state index contributed by atoms with van der Waals surface area (Å²) in [5.41, 5.74) is 5.70. The Hall–Kier alpha value is -3.33. The first-order valence-corrected chi connectivity index (χ1v) is 11.4. The maximum atomic E-state index is 13.1. The van der Waals surface area contributed by atoms with Gasteiger partial charge in [0.2, 0.25) is 0 Å². The van der Waals surface area contributed by atoms with Crippen LogP contribution in [0.25, 0.3) is 22.1 Å². The molecule has 1 heterocycles. The first kappa shape index (κ1) is 20.6. The standard InChI is InChI=1S/C29H28O3/c1-29(2,3)24-18-26-23(22-11-7-8-12-25(22)31-26)17-27(24)32-28(30)21-15-13-20(14-16-21)19-9-5-4-6-10-19/h4-6,9-10,13-18H,7-8,11-12H2,1-3H3. The number of hydrogen-bond donors (Lipinski definition) is 0. The van der Waals surface area contributed by atoms with Crippen LogP contribution in [-0.2, 0) is 18.3 Å². The monoisotopic (exact) mass is 424 g/mol. The average molecular weight is 425 g/mol. The molecule has 32 heavy (non-hydrogen) atoms. The predicted octanol–water partition coefficient (Wildman–Crippen LogP) is 7.50. The van der Waals surface area contributed by atoms with Gasteiger partial charge in [0.15, 0.2) is 0 Å². The summed E-state index contributed by atoms with van der Waals surface area (Å²) >= 11 is 0. The highest BCUT2D eigenvalue weighted by atomic mass is 16.5. The normalized spacial score (nSPS) is 13.7. The zero-order valence-electron chi connectivity index (χ0n) is 18.9. The number of benzene rings is 3. The molecule has 1 aliphatic rings. The van der Waals surface area contributed by atoms with Gasteiger partial charge in [0.25, 0.3) is 0 Å². The number of carbonyl (C=O) groups is 1. The summed E-state index contributed by atoms with van der Waals surface area (Å²) in [4.78, 5) is 13.1. The maximum Gasteiger partial charge on any atom is 0.343 e. The maximum absolute atomic E-state index is 13.1. The molecular weight excluding hydrogens is 396 g/mol. The second-order valence-electron chi connectivity index (χ2n) is 9.64. The summed E-state index contributed by atoms with van der Waals surface area (Å²) < 4.78 is 12.2. The number of esters is 1. The number of rotatable bonds is 3. The van der Waals surface area contributed by atoms with Gasteiger partial charge in [-0.3, -0.25) is 0 Å². The summed E-state index contributed by atoms with van der Waals surface area (Å²) in [5, 5.41) is 1.08. The van der Waals surface area contributed by atoms with Crippen molar-refractivity contribution in [3.05, 3.63) is 89.2 Å². The minimum absolute atomic E-state index is 0.186. The highest BCUT2D eigenvalue weighted by molar-refractivity contribution is 5.93. The second kappa shape index (κ2) is 7.98. The Labute approximate surface area is 189 Å². The molecule has 162 valence electrons. The van der Waals surface area contributed by atoms with Gasteiger partial charge in [-0.25, -0.2) is 4.79 Å². The smallest absolute Gasteiger partial charge is 0.343 e. The Morgan fingerprint density at radius 3 is 2.28 bits per heavy atom. The highest BCUT2D eigenvalue weighted by Gasteiger charge is 2.26. The Balaban J connectivity index is 1.49. The van der Waals surface area contributed by atoms with E-state index in [0.717, 1.165) is 46.3 Å². The lowest BCUT2D eigenvalue weighted by molar-refractivity contribution is 0.0732. The Morgan fingerprint density at radius 1 is 0.875 bits per heavy atom. The fraction of sp³-hybridized carbons (Fsp3) is 0.276. The van der Waals surface area contributed by atoms with Crippen LogP contribution in [-0.4, -0.2) is 5.97 Å². The molecule has 0 atom stereocenters. The molecule has 0 bridgehead atoms. The quantitative estimate of drug-likeness (QED) is 0.252. The SMILES string of the molecule is CC(C)(C)c1cc2oc3c(c2cc1OC(=O)c1ccc(-c2ccccc2)cc1)CCCC3. The third-order valence-electron chi connectivity index (χ3n) is 6.30. The van der Waals surface area contributed by atoms with E-state index in [9.17, 15) is 4.79 Å². The molecule has 0 aliphatic heterocycles. The van der Waals surface area contributed by atoms with E-state index in [0.29, 0.717) is 11.3 Å². The van der Waals surface area contributed by atoms with Crippen molar-refractivity contribution < 1.29 is 13.9 Å². The third kappa shape index (κ3) is 3.84. The van der Waals surface area contributed by atoms with Gasteiger partial charge in [0.1, 0.15) is 17.1 Å². The largest absolute Gasteiger partial charge is 0.461 e. The molecule has 4 aromatic rings. The fourth-order valence-electron chi connectivity index (χ4n) is 4.55. The minimum Gasteiger partial charge on any atom is -0.461 e. The molecule has 3 aromatic carbocycles. The molecule has 3 nitrogen and oxygen atoms in total. The third-order valence-corrected chi connectivity index (χ3v) is 6.30. The van der Waals surface area contributed by atoms with Crippen molar-refractivity contribution in [3.8, 4) is 16.9 Å². The molecule has 0 spiro atoms. The van der Waals surface area contributed by atoms with Gasteiger partial charge in [-0.2, -0.15) is 0 Å². The van der Waals surface area contributed by atoms with Crippen LogP contribution in [0, 0.1) is 0 Å². The number of aryl methyl sites for hydroxylation is 2. The van der Waals surface area contributed by atoms with Crippen molar-refractivity contribution in [1.29, 1.82) is 0 Å². The summed E-state index contributed by atoms with van der Waals surface area (Å²) in [5.74, 6) is 1.37. The van der Waals surface area contributed by atoms with Crippen molar-refractivity contribution in [3.63, 3.8) is 0 Å². The van der Waals surface area contributed by atoms with Gasteiger partial charge in [-0.1, -0.05) is 63.2 Å². The van der Waals surface area contributed by atoms with Gasteiger partial charge in [-0.15, -0.1) is 0 Å². The lowest BCUT2D eigenvalue weighted by Gasteiger charge is -2.22. The van der Waals surface area contributed by atoms with E-state index in [1.165, 1.54) is 18.4 Å². The Kier molecular flexibility index (Phi) is 5.13. The number of fused-ring (bicyclic) bond motifs is 3. The first-order chi connectivity index (χ1) is 15.4. The highest BCUT2D eigenvalue weighted by Crippen LogP contribution is 2.40. The lowest BCUT2D eigenvalue weighted by Crippen LogP contribution is -2.16. The predicted molar refractivity (Wildman–Crippen MR) is 128 cm³/mol. The van der Waals surface area contributed by atoms with Gasteiger partial charge in [0.05, 0.1) is 5.56 Å². The topological polar surface area (TPSA) is 39.4 Å². The van der Waals surface area contributed by atoms with Crippen LogP contribution in [0.5, 0.6) is 5.75 Å². The van der Waals surface area contributed by atoms with Crippen LogP contribution in [0.3, 0.4) is 0 Å². The van der Waals surface area contributed by atoms with Gasteiger partial charge in [-0.05, 0) is 60.1 Å². The Bertz CT molecular complexity index is 1270. The van der Waals surface area contributed by atoms with Crippen LogP contribution in [0.4, 0.5) is 0 Å². The number of hydrogen-bond acceptors (Lipinski definition) is 3. The van der Waals surface area contributed by atoms with Crippen molar-refractivity contribution in [2.24, 2.45) is 0 Å². The molecule has 3 heteroatoms. The second-order valence-corrected chi connectivity index (χ2v) is 9.64. The number of carbonyl (C=O) groups excluding carboxylic acids is 1. The molecule has 0 saturated carbocycles. The molecule has 1 aliphatic carbocycles. The molecule has 0 unspecified atom stereocenters. The van der Waals surface area contributed by atoms with Crippen LogP contribution in [0.15, 0.2) is 71.1 Å². The van der Waals surface area contributed by atoms with Crippen LogP contribution in [0.1, 0.15) is 60.9 Å². The molecule has 0 radical (unpaired) electrons. The molecule has 5 rings (SSSR count). The summed E-state index contributed by atoms with van der Waals surface area (Å²) in [6.07, 6.45) is 4.34. The summed E-state index contributed by atoms with van der Waals surface area (Å²) in [6.45, 7) is 6.38. The minimum atomic E-state index is -0.341. The van der Waals surface area contributed by atoms with Crippen molar-refractivity contribution in [1.82, 2.24) is 0 Å². The van der Waals surface area contributed by atoms with Crippen LogP contribution < -0.4 is 4.74 Å². The average Bonchev–Trinajstić information content (AvgIpc) is 3.16. The van der Waals surface area contributed by atoms with E-state index < -0.39 is 0 Å². The molecule has 0 amide bonds. The lowest BCUT2D eigenvalue weighted by atomic mass is 9.85.